The zero-order valence-corrected chi connectivity index (χ0v) is 8.47. The van der Waals surface area contributed by atoms with Crippen molar-refractivity contribution in [3.05, 3.63) is 29.3 Å². The molecule has 0 unspecified atom stereocenters. The molecule has 0 aliphatic rings. The standard InChI is InChI=1S/C10H10ClN3/c1-13-7-3-2-6-4-8(11)10(12)14-9(6)5-7/h2-5,13H,1H3,(H2,12,14). The molecule has 14 heavy (non-hydrogen) atoms. The van der Waals surface area contributed by atoms with Gasteiger partial charge in [-0.3, -0.25) is 0 Å². The average molecular weight is 208 g/mol. The van der Waals surface area contributed by atoms with Gasteiger partial charge in [-0.25, -0.2) is 4.98 Å². The van der Waals surface area contributed by atoms with E-state index in [-0.39, 0.29) is 0 Å². The molecular formula is C10H10ClN3. The van der Waals surface area contributed by atoms with Gasteiger partial charge in [0.2, 0.25) is 0 Å². The van der Waals surface area contributed by atoms with Crippen LogP contribution in [-0.2, 0) is 0 Å². The summed E-state index contributed by atoms with van der Waals surface area (Å²) < 4.78 is 0. The molecule has 0 aliphatic carbocycles. The van der Waals surface area contributed by atoms with Crippen molar-refractivity contribution in [1.29, 1.82) is 0 Å². The molecule has 2 aromatic rings. The predicted molar refractivity (Wildman–Crippen MR) is 60.7 cm³/mol. The van der Waals surface area contributed by atoms with E-state index in [0.717, 1.165) is 16.6 Å². The van der Waals surface area contributed by atoms with Crippen LogP contribution >= 0.6 is 11.6 Å². The van der Waals surface area contributed by atoms with Crippen molar-refractivity contribution < 1.29 is 0 Å². The summed E-state index contributed by atoms with van der Waals surface area (Å²) >= 11 is 5.86. The van der Waals surface area contributed by atoms with Crippen LogP contribution in [0.2, 0.25) is 5.02 Å². The van der Waals surface area contributed by atoms with Crippen molar-refractivity contribution in [3.8, 4) is 0 Å². The molecule has 0 bridgehead atoms. The van der Waals surface area contributed by atoms with Crippen LogP contribution in [0.5, 0.6) is 0 Å². The SMILES string of the molecule is CNc1ccc2cc(Cl)c(N)nc2c1. The third-order valence-electron chi connectivity index (χ3n) is 2.09. The quantitative estimate of drug-likeness (QED) is 0.756. The Hall–Kier alpha value is -1.48. The maximum absolute atomic E-state index is 5.86. The summed E-state index contributed by atoms with van der Waals surface area (Å²) in [5, 5.41) is 4.52. The lowest BCUT2D eigenvalue weighted by molar-refractivity contribution is 1.41. The van der Waals surface area contributed by atoms with Gasteiger partial charge in [-0.1, -0.05) is 17.7 Å². The second kappa shape index (κ2) is 3.35. The van der Waals surface area contributed by atoms with E-state index in [0.29, 0.717) is 10.8 Å². The second-order valence-corrected chi connectivity index (χ2v) is 3.42. The van der Waals surface area contributed by atoms with Crippen LogP contribution in [0.1, 0.15) is 0 Å². The summed E-state index contributed by atoms with van der Waals surface area (Å²) in [5.41, 5.74) is 7.47. The summed E-state index contributed by atoms with van der Waals surface area (Å²) in [6, 6.07) is 7.68. The normalized spacial score (nSPS) is 10.4. The molecule has 0 atom stereocenters. The summed E-state index contributed by atoms with van der Waals surface area (Å²) in [5.74, 6) is 0.368. The molecule has 1 heterocycles. The topological polar surface area (TPSA) is 50.9 Å². The lowest BCUT2D eigenvalue weighted by atomic mass is 10.2. The van der Waals surface area contributed by atoms with E-state index in [1.807, 2.05) is 31.3 Å². The van der Waals surface area contributed by atoms with Gasteiger partial charge in [0.25, 0.3) is 0 Å². The van der Waals surface area contributed by atoms with Gasteiger partial charge in [0, 0.05) is 18.1 Å². The Kier molecular flexibility index (Phi) is 2.17. The van der Waals surface area contributed by atoms with E-state index >= 15 is 0 Å². The Morgan fingerprint density at radius 2 is 2.14 bits per heavy atom. The van der Waals surface area contributed by atoms with E-state index in [1.165, 1.54) is 0 Å². The number of nitrogens with zero attached hydrogens (tertiary/aromatic N) is 1. The monoisotopic (exact) mass is 207 g/mol. The largest absolute Gasteiger partial charge is 0.388 e. The predicted octanol–water partition coefficient (Wildman–Crippen LogP) is 2.51. The van der Waals surface area contributed by atoms with Crippen LogP contribution in [0, 0.1) is 0 Å². The minimum atomic E-state index is 0.368. The van der Waals surface area contributed by atoms with E-state index in [9.17, 15) is 0 Å². The number of aromatic nitrogens is 1. The minimum Gasteiger partial charge on any atom is -0.388 e. The molecule has 0 saturated heterocycles. The molecule has 0 saturated carbocycles. The van der Waals surface area contributed by atoms with Crippen molar-refractivity contribution in [2.45, 2.75) is 0 Å². The van der Waals surface area contributed by atoms with Gasteiger partial charge >= 0.3 is 0 Å². The molecule has 72 valence electrons. The molecule has 0 amide bonds. The van der Waals surface area contributed by atoms with Gasteiger partial charge in [0.05, 0.1) is 10.5 Å². The first-order chi connectivity index (χ1) is 6.70. The first-order valence-corrected chi connectivity index (χ1v) is 4.62. The number of nitrogens with one attached hydrogen (secondary N) is 1. The third kappa shape index (κ3) is 1.46. The Morgan fingerprint density at radius 3 is 2.86 bits per heavy atom. The number of halogens is 1. The van der Waals surface area contributed by atoms with Crippen molar-refractivity contribution in [2.75, 3.05) is 18.1 Å². The Labute approximate surface area is 86.9 Å². The van der Waals surface area contributed by atoms with Crippen LogP contribution < -0.4 is 11.1 Å². The highest BCUT2D eigenvalue weighted by molar-refractivity contribution is 6.33. The number of nitrogen functional groups attached to an aromatic ring is 1. The Morgan fingerprint density at radius 1 is 1.36 bits per heavy atom. The van der Waals surface area contributed by atoms with E-state index in [2.05, 4.69) is 10.3 Å². The Balaban J connectivity index is 2.70. The number of rotatable bonds is 1. The van der Waals surface area contributed by atoms with Crippen LogP contribution in [0.25, 0.3) is 10.9 Å². The summed E-state index contributed by atoms with van der Waals surface area (Å²) in [4.78, 5) is 4.19. The molecule has 0 radical (unpaired) electrons. The van der Waals surface area contributed by atoms with Gasteiger partial charge in [0.15, 0.2) is 0 Å². The number of benzene rings is 1. The number of fused-ring (bicyclic) bond motifs is 1. The third-order valence-corrected chi connectivity index (χ3v) is 2.39. The smallest absolute Gasteiger partial charge is 0.142 e. The van der Waals surface area contributed by atoms with Crippen LogP contribution in [-0.4, -0.2) is 12.0 Å². The summed E-state index contributed by atoms with van der Waals surface area (Å²) in [6.45, 7) is 0. The van der Waals surface area contributed by atoms with Gasteiger partial charge in [-0.15, -0.1) is 0 Å². The van der Waals surface area contributed by atoms with Gasteiger partial charge in [-0.2, -0.15) is 0 Å². The highest BCUT2D eigenvalue weighted by Gasteiger charge is 2.01. The van der Waals surface area contributed by atoms with Gasteiger partial charge in [0.1, 0.15) is 5.82 Å². The highest BCUT2D eigenvalue weighted by Crippen LogP contribution is 2.24. The molecule has 3 nitrogen and oxygen atoms in total. The fraction of sp³-hybridized carbons (Fsp3) is 0.100. The molecule has 1 aromatic carbocycles. The zero-order valence-electron chi connectivity index (χ0n) is 7.71. The maximum atomic E-state index is 5.86. The molecule has 1 aromatic heterocycles. The average Bonchev–Trinajstić information content (AvgIpc) is 2.19. The van der Waals surface area contributed by atoms with Crippen molar-refractivity contribution in [2.24, 2.45) is 0 Å². The van der Waals surface area contributed by atoms with Crippen LogP contribution in [0.15, 0.2) is 24.3 Å². The van der Waals surface area contributed by atoms with E-state index < -0.39 is 0 Å². The highest BCUT2D eigenvalue weighted by atomic mass is 35.5. The number of pyridine rings is 1. The molecular weight excluding hydrogens is 198 g/mol. The number of nitrogens with two attached hydrogens (primary N) is 1. The fourth-order valence-corrected chi connectivity index (χ4v) is 1.47. The summed E-state index contributed by atoms with van der Waals surface area (Å²) in [7, 11) is 1.86. The molecule has 0 fully saturated rings. The molecule has 3 N–H and O–H groups in total. The zero-order chi connectivity index (χ0) is 10.1. The molecule has 2 rings (SSSR count). The molecule has 4 heteroatoms. The number of hydrogen-bond donors (Lipinski definition) is 2. The lowest BCUT2D eigenvalue weighted by Gasteiger charge is -2.04. The van der Waals surface area contributed by atoms with Crippen LogP contribution in [0.3, 0.4) is 0 Å². The fourth-order valence-electron chi connectivity index (χ4n) is 1.31. The molecule has 0 spiro atoms. The van der Waals surface area contributed by atoms with Crippen molar-refractivity contribution in [3.63, 3.8) is 0 Å². The number of anilines is 2. The van der Waals surface area contributed by atoms with Crippen molar-refractivity contribution >= 4 is 34.0 Å². The van der Waals surface area contributed by atoms with Gasteiger partial charge in [-0.05, 0) is 18.2 Å². The minimum absolute atomic E-state index is 0.368. The summed E-state index contributed by atoms with van der Waals surface area (Å²) in [6.07, 6.45) is 0. The van der Waals surface area contributed by atoms with Crippen LogP contribution in [0.4, 0.5) is 11.5 Å². The van der Waals surface area contributed by atoms with Crippen molar-refractivity contribution in [1.82, 2.24) is 4.98 Å². The number of hydrogen-bond acceptors (Lipinski definition) is 3. The maximum Gasteiger partial charge on any atom is 0.142 e. The molecule has 0 aliphatic heterocycles. The first-order valence-electron chi connectivity index (χ1n) is 4.24. The Bertz CT molecular complexity index is 482. The van der Waals surface area contributed by atoms with E-state index in [1.54, 1.807) is 0 Å². The lowest BCUT2D eigenvalue weighted by Crippen LogP contribution is -1.93. The second-order valence-electron chi connectivity index (χ2n) is 3.01. The first kappa shape index (κ1) is 9.09. The van der Waals surface area contributed by atoms with E-state index in [4.69, 9.17) is 17.3 Å². The van der Waals surface area contributed by atoms with Gasteiger partial charge < -0.3 is 11.1 Å².